The molecule has 146 valence electrons. The van der Waals surface area contributed by atoms with Crippen molar-refractivity contribution in [2.45, 2.75) is 149 Å². The van der Waals surface area contributed by atoms with Gasteiger partial charge in [-0.05, 0) is 5.92 Å². The van der Waals surface area contributed by atoms with Crippen molar-refractivity contribution in [1.29, 1.82) is 0 Å². The van der Waals surface area contributed by atoms with Crippen LogP contribution < -0.4 is 0 Å². The summed E-state index contributed by atoms with van der Waals surface area (Å²) >= 11 is 0. The van der Waals surface area contributed by atoms with Crippen molar-refractivity contribution < 1.29 is 0 Å². The second-order valence-electron chi connectivity index (χ2n) is 8.18. The van der Waals surface area contributed by atoms with Gasteiger partial charge in [0.05, 0.1) is 0 Å². The quantitative estimate of drug-likeness (QED) is 0.194. The van der Waals surface area contributed by atoms with Crippen molar-refractivity contribution in [2.24, 2.45) is 5.92 Å². The average molecular weight is 339 g/mol. The summed E-state index contributed by atoms with van der Waals surface area (Å²) in [4.78, 5) is 0. The van der Waals surface area contributed by atoms with E-state index < -0.39 is 0 Å². The lowest BCUT2D eigenvalue weighted by Crippen LogP contribution is -2.01. The fourth-order valence-electron chi connectivity index (χ4n) is 3.90. The molecule has 0 radical (unpaired) electrons. The minimum Gasteiger partial charge on any atom is -0.0654 e. The van der Waals surface area contributed by atoms with Crippen LogP contribution in [-0.4, -0.2) is 0 Å². The van der Waals surface area contributed by atoms with Crippen LogP contribution in [0.15, 0.2) is 0 Å². The van der Waals surface area contributed by atoms with E-state index in [1.54, 1.807) is 0 Å². The maximum atomic E-state index is 2.33. The maximum absolute atomic E-state index is 2.33. The van der Waals surface area contributed by atoms with E-state index >= 15 is 0 Å². The highest BCUT2D eigenvalue weighted by Crippen LogP contribution is 2.24. The smallest absolute Gasteiger partial charge is 0.0414 e. The highest BCUT2D eigenvalue weighted by atomic mass is 14.1. The van der Waals surface area contributed by atoms with Gasteiger partial charge in [-0.1, -0.05) is 149 Å². The summed E-state index contributed by atoms with van der Waals surface area (Å²) in [6.07, 6.45) is 29.3. The fourth-order valence-corrected chi connectivity index (χ4v) is 3.90. The number of hydrogen-bond donors (Lipinski definition) is 0. The highest BCUT2D eigenvalue weighted by molar-refractivity contribution is 4.61. The van der Waals surface area contributed by atoms with Crippen molar-refractivity contribution in [3.05, 3.63) is 0 Å². The Labute approximate surface area is 155 Å². The fraction of sp³-hybridized carbons (Fsp3) is 1.00. The van der Waals surface area contributed by atoms with Crippen molar-refractivity contribution in [2.75, 3.05) is 0 Å². The van der Waals surface area contributed by atoms with Crippen LogP contribution in [0, 0.1) is 5.92 Å². The van der Waals surface area contributed by atoms with Crippen LogP contribution >= 0.6 is 0 Å². The van der Waals surface area contributed by atoms with Gasteiger partial charge in [-0.2, -0.15) is 0 Å². The molecule has 0 aliphatic carbocycles. The molecule has 0 spiro atoms. The van der Waals surface area contributed by atoms with Crippen molar-refractivity contribution in [1.82, 2.24) is 0 Å². The van der Waals surface area contributed by atoms with Crippen molar-refractivity contribution in [3.63, 3.8) is 0 Å². The molecule has 0 saturated heterocycles. The zero-order valence-electron chi connectivity index (χ0n) is 17.7. The van der Waals surface area contributed by atoms with Crippen LogP contribution in [0.5, 0.6) is 0 Å². The van der Waals surface area contributed by atoms with E-state index in [1.807, 2.05) is 0 Å². The molecular weight excluding hydrogens is 288 g/mol. The van der Waals surface area contributed by atoms with E-state index in [0.29, 0.717) is 0 Å². The molecule has 0 aliphatic rings. The largest absolute Gasteiger partial charge is 0.0654 e. The summed E-state index contributed by atoms with van der Waals surface area (Å²) in [6, 6.07) is 0. The van der Waals surface area contributed by atoms with Gasteiger partial charge in [0, 0.05) is 0 Å². The minimum atomic E-state index is 1.04. The summed E-state index contributed by atoms with van der Waals surface area (Å²) in [7, 11) is 0. The normalized spacial score (nSPS) is 12.6. The molecule has 0 aromatic carbocycles. The molecule has 0 rings (SSSR count). The number of hydrogen-bond acceptors (Lipinski definition) is 0. The number of rotatable bonds is 20. The van der Waals surface area contributed by atoms with Gasteiger partial charge in [0.2, 0.25) is 0 Å². The SMILES string of the molecule is CCCCCCCCCCCCC(CCCCC)CCCCCC. The molecule has 0 aliphatic heterocycles. The van der Waals surface area contributed by atoms with E-state index in [4.69, 9.17) is 0 Å². The summed E-state index contributed by atoms with van der Waals surface area (Å²) in [5.41, 5.74) is 0. The van der Waals surface area contributed by atoms with Crippen LogP contribution in [0.3, 0.4) is 0 Å². The molecule has 0 aromatic heterocycles. The minimum absolute atomic E-state index is 1.04. The first-order valence-corrected chi connectivity index (χ1v) is 11.8. The molecule has 0 saturated carbocycles. The number of unbranched alkanes of at least 4 members (excludes halogenated alkanes) is 14. The third-order valence-electron chi connectivity index (χ3n) is 5.65. The predicted molar refractivity (Wildman–Crippen MR) is 113 cm³/mol. The van der Waals surface area contributed by atoms with Crippen LogP contribution in [0.25, 0.3) is 0 Å². The van der Waals surface area contributed by atoms with E-state index in [0.717, 1.165) is 5.92 Å². The molecule has 0 heteroatoms. The molecule has 1 unspecified atom stereocenters. The van der Waals surface area contributed by atoms with Crippen LogP contribution in [0.2, 0.25) is 0 Å². The van der Waals surface area contributed by atoms with E-state index in [-0.39, 0.29) is 0 Å². The third kappa shape index (κ3) is 18.3. The molecule has 1 atom stereocenters. The highest BCUT2D eigenvalue weighted by Gasteiger charge is 2.08. The Balaban J connectivity index is 3.54. The maximum Gasteiger partial charge on any atom is -0.0414 e. The van der Waals surface area contributed by atoms with Gasteiger partial charge in [0.15, 0.2) is 0 Å². The Bertz CT molecular complexity index is 208. The topological polar surface area (TPSA) is 0 Å². The van der Waals surface area contributed by atoms with Crippen LogP contribution in [0.1, 0.15) is 149 Å². The molecule has 0 bridgehead atoms. The van der Waals surface area contributed by atoms with Crippen LogP contribution in [0.4, 0.5) is 0 Å². The predicted octanol–water partition coefficient (Wildman–Crippen LogP) is 9.46. The first-order valence-electron chi connectivity index (χ1n) is 11.8. The Morgan fingerprint density at radius 2 is 0.583 bits per heavy atom. The Morgan fingerprint density at radius 3 is 1.00 bits per heavy atom. The summed E-state index contributed by atoms with van der Waals surface area (Å²) in [6.45, 7) is 6.96. The Morgan fingerprint density at radius 1 is 0.333 bits per heavy atom. The molecular formula is C24H50. The molecule has 0 fully saturated rings. The van der Waals surface area contributed by atoms with Gasteiger partial charge < -0.3 is 0 Å². The van der Waals surface area contributed by atoms with Crippen molar-refractivity contribution in [3.8, 4) is 0 Å². The van der Waals surface area contributed by atoms with Gasteiger partial charge in [0.25, 0.3) is 0 Å². The standard InChI is InChI=1S/C24H50/c1-4-7-10-12-13-14-15-16-17-20-23-24(21-18-9-6-3)22-19-11-8-5-2/h24H,4-23H2,1-3H3. The second-order valence-corrected chi connectivity index (χ2v) is 8.18. The van der Waals surface area contributed by atoms with E-state index in [2.05, 4.69) is 20.8 Å². The lowest BCUT2D eigenvalue weighted by molar-refractivity contribution is 0.368. The van der Waals surface area contributed by atoms with Gasteiger partial charge in [-0.3, -0.25) is 0 Å². The van der Waals surface area contributed by atoms with Gasteiger partial charge in [-0.25, -0.2) is 0 Å². The summed E-state index contributed by atoms with van der Waals surface area (Å²) < 4.78 is 0. The summed E-state index contributed by atoms with van der Waals surface area (Å²) in [5, 5.41) is 0. The molecule has 24 heavy (non-hydrogen) atoms. The Hall–Kier alpha value is 0. The molecule has 0 aromatic rings. The summed E-state index contributed by atoms with van der Waals surface area (Å²) in [5.74, 6) is 1.04. The first kappa shape index (κ1) is 24.0. The lowest BCUT2D eigenvalue weighted by Gasteiger charge is -2.16. The van der Waals surface area contributed by atoms with E-state index in [1.165, 1.54) is 128 Å². The van der Waals surface area contributed by atoms with Gasteiger partial charge in [0.1, 0.15) is 0 Å². The third-order valence-corrected chi connectivity index (χ3v) is 5.65. The Kier molecular flexibility index (Phi) is 21.0. The first-order chi connectivity index (χ1) is 11.8. The lowest BCUT2D eigenvalue weighted by atomic mass is 9.90. The second kappa shape index (κ2) is 21.0. The monoisotopic (exact) mass is 338 g/mol. The van der Waals surface area contributed by atoms with E-state index in [9.17, 15) is 0 Å². The average Bonchev–Trinajstić information content (AvgIpc) is 2.59. The van der Waals surface area contributed by atoms with Gasteiger partial charge >= 0.3 is 0 Å². The molecule has 0 amide bonds. The van der Waals surface area contributed by atoms with Crippen molar-refractivity contribution >= 4 is 0 Å². The zero-order chi connectivity index (χ0) is 17.7. The van der Waals surface area contributed by atoms with Gasteiger partial charge in [-0.15, -0.1) is 0 Å². The molecule has 0 heterocycles. The van der Waals surface area contributed by atoms with Crippen LogP contribution in [-0.2, 0) is 0 Å². The molecule has 0 N–H and O–H groups in total. The zero-order valence-corrected chi connectivity index (χ0v) is 17.7. The molecule has 0 nitrogen and oxygen atoms in total.